The Morgan fingerprint density at radius 2 is 2.07 bits per heavy atom. The van der Waals surface area contributed by atoms with Crippen molar-refractivity contribution in [2.75, 3.05) is 7.11 Å². The summed E-state index contributed by atoms with van der Waals surface area (Å²) in [6.07, 6.45) is 1.73. The topological polar surface area (TPSA) is 93.0 Å². The van der Waals surface area contributed by atoms with E-state index in [1.165, 1.54) is 0 Å². The number of benzene rings is 2. The van der Waals surface area contributed by atoms with Crippen molar-refractivity contribution in [3.8, 4) is 17.1 Å². The Hall–Kier alpha value is -3.61. The van der Waals surface area contributed by atoms with E-state index in [2.05, 4.69) is 20.7 Å². The second-order valence-electron chi connectivity index (χ2n) is 6.19. The maximum atomic E-state index is 12.6. The maximum absolute atomic E-state index is 12.6. The van der Waals surface area contributed by atoms with Gasteiger partial charge in [-0.3, -0.25) is 9.89 Å². The first-order chi connectivity index (χ1) is 13.2. The van der Waals surface area contributed by atoms with Crippen molar-refractivity contribution < 1.29 is 14.1 Å². The first-order valence-electron chi connectivity index (χ1n) is 8.49. The van der Waals surface area contributed by atoms with Crippen LogP contribution < -0.4 is 10.1 Å². The second-order valence-corrected chi connectivity index (χ2v) is 6.19. The Kier molecular flexibility index (Phi) is 4.33. The van der Waals surface area contributed by atoms with Gasteiger partial charge in [0.2, 0.25) is 0 Å². The Morgan fingerprint density at radius 1 is 1.22 bits per heavy atom. The SMILES string of the molecule is COc1ccccc1[C@@H](C)NC(=O)c1cc(-c2ccc3[nH]ncc3c2)on1. The average Bonchev–Trinajstić information content (AvgIpc) is 3.36. The van der Waals surface area contributed by atoms with Crippen LogP contribution in [0.4, 0.5) is 0 Å². The second kappa shape index (κ2) is 6.95. The summed E-state index contributed by atoms with van der Waals surface area (Å²) in [5.41, 5.74) is 2.87. The fourth-order valence-electron chi connectivity index (χ4n) is 2.99. The van der Waals surface area contributed by atoms with E-state index in [4.69, 9.17) is 9.26 Å². The zero-order chi connectivity index (χ0) is 18.8. The van der Waals surface area contributed by atoms with Crippen LogP contribution in [-0.2, 0) is 0 Å². The summed E-state index contributed by atoms with van der Waals surface area (Å²) in [4.78, 5) is 12.6. The van der Waals surface area contributed by atoms with Crippen LogP contribution in [0.5, 0.6) is 5.75 Å². The number of H-pyrrole nitrogens is 1. The molecule has 27 heavy (non-hydrogen) atoms. The molecule has 2 heterocycles. The van der Waals surface area contributed by atoms with Crippen LogP contribution in [0.15, 0.2) is 59.3 Å². The number of para-hydroxylation sites is 1. The molecule has 7 nitrogen and oxygen atoms in total. The fourth-order valence-corrected chi connectivity index (χ4v) is 2.99. The predicted molar refractivity (Wildman–Crippen MR) is 100 cm³/mol. The summed E-state index contributed by atoms with van der Waals surface area (Å²) >= 11 is 0. The lowest BCUT2D eigenvalue weighted by molar-refractivity contribution is 0.0930. The molecule has 136 valence electrons. The van der Waals surface area contributed by atoms with Gasteiger partial charge in [0.1, 0.15) is 5.75 Å². The van der Waals surface area contributed by atoms with Crippen LogP contribution in [0.1, 0.15) is 29.0 Å². The summed E-state index contributed by atoms with van der Waals surface area (Å²) in [6, 6.07) is 14.7. The van der Waals surface area contributed by atoms with Gasteiger partial charge in [0.05, 0.1) is 24.9 Å². The van der Waals surface area contributed by atoms with Crippen molar-refractivity contribution >= 4 is 16.8 Å². The minimum atomic E-state index is -0.312. The molecule has 0 fully saturated rings. The summed E-state index contributed by atoms with van der Waals surface area (Å²) in [5.74, 6) is 0.931. The highest BCUT2D eigenvalue weighted by Crippen LogP contribution is 2.26. The summed E-state index contributed by atoms with van der Waals surface area (Å²) in [7, 11) is 1.61. The lowest BCUT2D eigenvalue weighted by Gasteiger charge is -2.16. The van der Waals surface area contributed by atoms with Gasteiger partial charge in [-0.2, -0.15) is 5.10 Å². The van der Waals surface area contributed by atoms with Crippen molar-refractivity contribution in [1.29, 1.82) is 0 Å². The molecular weight excluding hydrogens is 344 g/mol. The molecule has 0 unspecified atom stereocenters. The van der Waals surface area contributed by atoms with E-state index >= 15 is 0 Å². The fraction of sp³-hybridized carbons (Fsp3) is 0.150. The molecule has 0 spiro atoms. The first-order valence-corrected chi connectivity index (χ1v) is 8.49. The van der Waals surface area contributed by atoms with Crippen molar-refractivity contribution in [1.82, 2.24) is 20.7 Å². The number of aromatic nitrogens is 3. The monoisotopic (exact) mass is 362 g/mol. The molecule has 2 N–H and O–H groups in total. The molecule has 0 saturated carbocycles. The number of carbonyl (C=O) groups excluding carboxylic acids is 1. The quantitative estimate of drug-likeness (QED) is 0.564. The molecule has 0 bridgehead atoms. The van der Waals surface area contributed by atoms with E-state index in [-0.39, 0.29) is 17.6 Å². The van der Waals surface area contributed by atoms with E-state index in [1.807, 2.05) is 49.4 Å². The number of carbonyl (C=O) groups is 1. The number of rotatable bonds is 5. The van der Waals surface area contributed by atoms with E-state index in [9.17, 15) is 4.79 Å². The lowest BCUT2D eigenvalue weighted by atomic mass is 10.1. The van der Waals surface area contributed by atoms with Gasteiger partial charge in [-0.05, 0) is 31.2 Å². The molecule has 4 rings (SSSR count). The Bertz CT molecular complexity index is 1100. The number of ether oxygens (including phenoxy) is 1. The number of hydrogen-bond acceptors (Lipinski definition) is 5. The van der Waals surface area contributed by atoms with Crippen LogP contribution >= 0.6 is 0 Å². The highest BCUT2D eigenvalue weighted by atomic mass is 16.5. The van der Waals surface area contributed by atoms with Crippen LogP contribution in [0.2, 0.25) is 0 Å². The molecule has 2 aromatic carbocycles. The molecule has 0 aliphatic carbocycles. The van der Waals surface area contributed by atoms with Crippen LogP contribution in [0.3, 0.4) is 0 Å². The third-order valence-corrected chi connectivity index (χ3v) is 4.42. The zero-order valence-electron chi connectivity index (χ0n) is 14.9. The number of fused-ring (bicyclic) bond motifs is 1. The molecule has 1 amide bonds. The van der Waals surface area contributed by atoms with Gasteiger partial charge in [-0.1, -0.05) is 23.4 Å². The highest BCUT2D eigenvalue weighted by Gasteiger charge is 2.18. The third-order valence-electron chi connectivity index (χ3n) is 4.42. The van der Waals surface area contributed by atoms with Crippen LogP contribution in [0, 0.1) is 0 Å². The van der Waals surface area contributed by atoms with Gasteiger partial charge in [0, 0.05) is 22.6 Å². The molecule has 1 atom stereocenters. The van der Waals surface area contributed by atoms with Gasteiger partial charge < -0.3 is 14.6 Å². The minimum absolute atomic E-state index is 0.221. The molecule has 0 radical (unpaired) electrons. The Morgan fingerprint density at radius 3 is 2.93 bits per heavy atom. The van der Waals surface area contributed by atoms with Gasteiger partial charge in [-0.25, -0.2) is 0 Å². The smallest absolute Gasteiger partial charge is 0.273 e. The van der Waals surface area contributed by atoms with E-state index in [0.717, 1.165) is 27.8 Å². The number of methoxy groups -OCH3 is 1. The summed E-state index contributed by atoms with van der Waals surface area (Å²) < 4.78 is 10.7. The average molecular weight is 362 g/mol. The molecule has 0 aliphatic heterocycles. The number of amides is 1. The van der Waals surface area contributed by atoms with Crippen molar-refractivity contribution in [3.63, 3.8) is 0 Å². The highest BCUT2D eigenvalue weighted by molar-refractivity contribution is 5.93. The first kappa shape index (κ1) is 16.8. The van der Waals surface area contributed by atoms with Crippen molar-refractivity contribution in [2.45, 2.75) is 13.0 Å². The number of nitrogens with zero attached hydrogens (tertiary/aromatic N) is 2. The largest absolute Gasteiger partial charge is 0.496 e. The Labute approximate surface area is 155 Å². The van der Waals surface area contributed by atoms with Gasteiger partial charge in [0.15, 0.2) is 11.5 Å². The molecule has 0 aliphatic rings. The van der Waals surface area contributed by atoms with Crippen molar-refractivity contribution in [3.05, 3.63) is 66.0 Å². The number of hydrogen-bond donors (Lipinski definition) is 2. The molecular formula is C20H18N4O3. The summed E-state index contributed by atoms with van der Waals surface area (Å²) in [5, 5.41) is 14.7. The zero-order valence-corrected chi connectivity index (χ0v) is 14.9. The van der Waals surface area contributed by atoms with Gasteiger partial charge in [0.25, 0.3) is 5.91 Å². The molecule has 2 aromatic heterocycles. The summed E-state index contributed by atoms with van der Waals surface area (Å²) in [6.45, 7) is 1.89. The van der Waals surface area contributed by atoms with Gasteiger partial charge in [-0.15, -0.1) is 0 Å². The lowest BCUT2D eigenvalue weighted by Crippen LogP contribution is -2.27. The third kappa shape index (κ3) is 3.27. The Balaban J connectivity index is 1.53. The van der Waals surface area contributed by atoms with E-state index in [0.29, 0.717) is 5.76 Å². The minimum Gasteiger partial charge on any atom is -0.496 e. The number of nitrogens with one attached hydrogen (secondary N) is 2. The van der Waals surface area contributed by atoms with E-state index in [1.54, 1.807) is 19.4 Å². The van der Waals surface area contributed by atoms with Gasteiger partial charge >= 0.3 is 0 Å². The molecule has 4 aromatic rings. The van der Waals surface area contributed by atoms with E-state index < -0.39 is 0 Å². The number of aromatic amines is 1. The standard InChI is InChI=1S/C20H18N4O3/c1-12(15-5-3-4-6-18(15)26-2)22-20(25)17-10-19(27-24-17)13-7-8-16-14(9-13)11-21-23-16/h3-12H,1-2H3,(H,21,23)(H,22,25)/t12-/m1/s1. The normalized spacial score (nSPS) is 12.1. The van der Waals surface area contributed by atoms with Crippen LogP contribution in [-0.4, -0.2) is 28.4 Å². The molecule has 7 heteroatoms. The predicted octanol–water partition coefficient (Wildman–Crippen LogP) is 3.72. The van der Waals surface area contributed by atoms with Crippen LogP contribution in [0.25, 0.3) is 22.2 Å². The van der Waals surface area contributed by atoms with Crippen molar-refractivity contribution in [2.24, 2.45) is 0 Å². The molecule has 0 saturated heterocycles. The maximum Gasteiger partial charge on any atom is 0.273 e.